The fraction of sp³-hybridized carbons (Fsp3) is 0.423. The number of aromatic amines is 2. The summed E-state index contributed by atoms with van der Waals surface area (Å²) in [7, 11) is 2.58. The highest BCUT2D eigenvalue weighted by Gasteiger charge is 2.36. The van der Waals surface area contributed by atoms with Crippen LogP contribution in [0, 0.1) is 31.1 Å². The molecule has 8 rings (SSSR count). The summed E-state index contributed by atoms with van der Waals surface area (Å²) < 4.78 is 20.9. The number of carbonyl (C=O) groups excluding carboxylic acids is 4. The summed E-state index contributed by atoms with van der Waals surface area (Å²) in [5, 5.41) is 12.2. The molecule has 4 N–H and O–H groups in total. The molecule has 0 spiro atoms. The van der Waals surface area contributed by atoms with E-state index < -0.39 is 24.3 Å². The van der Waals surface area contributed by atoms with E-state index in [2.05, 4.69) is 88.0 Å². The maximum Gasteiger partial charge on any atom is 0.407 e. The van der Waals surface area contributed by atoms with Crippen LogP contribution in [0.3, 0.4) is 0 Å². The van der Waals surface area contributed by atoms with Gasteiger partial charge in [-0.05, 0) is 101 Å². The number of alkyl carbamates (subject to hydrolysis) is 2. The van der Waals surface area contributed by atoms with Gasteiger partial charge in [-0.3, -0.25) is 9.59 Å². The van der Waals surface area contributed by atoms with E-state index in [1.165, 1.54) is 14.2 Å². The first-order valence-corrected chi connectivity index (χ1v) is 23.4. The number of hydrogen-bond acceptors (Lipinski definition) is 10. The summed E-state index contributed by atoms with van der Waals surface area (Å²) in [5.74, 6) is 3.28. The highest BCUT2D eigenvalue weighted by molar-refractivity contribution is 6.27. The van der Waals surface area contributed by atoms with Gasteiger partial charge in [0.15, 0.2) is 0 Å². The maximum atomic E-state index is 14.1. The maximum absolute atomic E-state index is 14.1. The van der Waals surface area contributed by atoms with Gasteiger partial charge in [0.1, 0.15) is 23.7 Å². The Hall–Kier alpha value is -6.96. The van der Waals surface area contributed by atoms with Crippen LogP contribution >= 0.6 is 0 Å². The average molecular weight is 925 g/mol. The van der Waals surface area contributed by atoms with Gasteiger partial charge in [0, 0.05) is 57.1 Å². The van der Waals surface area contributed by atoms with Crippen molar-refractivity contribution in [1.82, 2.24) is 40.4 Å². The number of ether oxygens (including phenoxy) is 4. The van der Waals surface area contributed by atoms with Crippen molar-refractivity contribution in [2.75, 3.05) is 53.7 Å². The topological polar surface area (TPSA) is 193 Å². The van der Waals surface area contributed by atoms with E-state index >= 15 is 0 Å². The predicted octanol–water partition coefficient (Wildman–Crippen LogP) is 7.63. The van der Waals surface area contributed by atoms with Crippen molar-refractivity contribution in [3.63, 3.8) is 0 Å². The molecule has 2 saturated heterocycles. The Morgan fingerprint density at radius 1 is 0.721 bits per heavy atom. The summed E-state index contributed by atoms with van der Waals surface area (Å²) >= 11 is 0. The van der Waals surface area contributed by atoms with Crippen molar-refractivity contribution in [3.8, 4) is 34.9 Å². The molecule has 0 aliphatic carbocycles. The highest BCUT2D eigenvalue weighted by atomic mass is 16.5. The Bertz CT molecular complexity index is 2820. The Morgan fingerprint density at radius 2 is 1.22 bits per heavy atom. The largest absolute Gasteiger partial charge is 0.453 e. The summed E-state index contributed by atoms with van der Waals surface area (Å²) in [4.78, 5) is 72.8. The van der Waals surface area contributed by atoms with E-state index in [0.717, 1.165) is 66.8 Å². The molecule has 0 bridgehead atoms. The molecule has 68 heavy (non-hydrogen) atoms. The number of hydrogen-bond donors (Lipinski definition) is 4. The van der Waals surface area contributed by atoms with Gasteiger partial charge in [0.25, 0.3) is 0 Å². The number of nitrogens with one attached hydrogen (secondary N) is 4. The van der Waals surface area contributed by atoms with Crippen LogP contribution in [0.2, 0.25) is 0 Å². The number of imidazole rings is 2. The number of carbonyl (C=O) groups is 4. The fourth-order valence-electron chi connectivity index (χ4n) is 9.74. The number of aryl methyl sites for hydroxylation is 1. The van der Waals surface area contributed by atoms with Crippen molar-refractivity contribution in [2.45, 2.75) is 77.5 Å². The lowest BCUT2D eigenvalue weighted by Gasteiger charge is -2.33. The van der Waals surface area contributed by atoms with Gasteiger partial charge >= 0.3 is 12.2 Å². The Labute approximate surface area is 395 Å². The molecule has 16 heteroatoms. The molecule has 2 fully saturated rings. The van der Waals surface area contributed by atoms with Gasteiger partial charge in [0.05, 0.1) is 51.1 Å². The van der Waals surface area contributed by atoms with Crippen LogP contribution < -0.4 is 10.6 Å². The number of benzene rings is 4. The minimum absolute atomic E-state index is 0.0654. The second-order valence-corrected chi connectivity index (χ2v) is 17.6. The predicted molar refractivity (Wildman–Crippen MR) is 259 cm³/mol. The van der Waals surface area contributed by atoms with E-state index in [-0.39, 0.29) is 36.7 Å². The highest BCUT2D eigenvalue weighted by Crippen LogP contribution is 2.40. The average Bonchev–Trinajstić information content (AvgIpc) is 4.06. The Balaban J connectivity index is 1.06. The van der Waals surface area contributed by atoms with Crippen LogP contribution in [0.4, 0.5) is 9.59 Å². The van der Waals surface area contributed by atoms with Gasteiger partial charge in [-0.15, -0.1) is 12.3 Å². The molecule has 356 valence electrons. The minimum Gasteiger partial charge on any atom is -0.453 e. The van der Waals surface area contributed by atoms with Gasteiger partial charge in [-0.25, -0.2) is 19.6 Å². The van der Waals surface area contributed by atoms with Gasteiger partial charge in [-0.1, -0.05) is 49.4 Å². The molecule has 0 saturated carbocycles. The molecule has 6 aromatic rings. The minimum atomic E-state index is -0.794. The smallest absolute Gasteiger partial charge is 0.407 e. The lowest BCUT2D eigenvalue weighted by molar-refractivity contribution is -0.137. The third kappa shape index (κ3) is 10.4. The number of rotatable bonds is 16. The molecule has 0 radical (unpaired) electrons. The number of terminal acetylenes is 1. The normalized spacial score (nSPS) is 15.4. The molecule has 2 aliphatic rings. The van der Waals surface area contributed by atoms with Gasteiger partial charge in [-0.2, -0.15) is 0 Å². The quantitative estimate of drug-likeness (QED) is 0.0554. The summed E-state index contributed by atoms with van der Waals surface area (Å²) in [5.41, 5.74) is 4.65. The monoisotopic (exact) mass is 924 g/mol. The molecule has 2 aromatic heterocycles. The number of H-pyrrole nitrogens is 2. The third-order valence-corrected chi connectivity index (χ3v) is 13.3. The number of aromatic nitrogens is 4. The van der Waals surface area contributed by atoms with Crippen molar-refractivity contribution >= 4 is 56.3 Å². The number of nitrogens with zero attached hydrogens (tertiary/aromatic N) is 4. The van der Waals surface area contributed by atoms with Crippen LogP contribution in [0.25, 0.3) is 54.8 Å². The van der Waals surface area contributed by atoms with Crippen LogP contribution in [0.1, 0.15) is 62.7 Å². The van der Waals surface area contributed by atoms with E-state index in [9.17, 15) is 19.2 Å². The van der Waals surface area contributed by atoms with Gasteiger partial charge < -0.3 is 49.3 Å². The molecular formula is C52H60N8O8. The van der Waals surface area contributed by atoms with Crippen molar-refractivity contribution < 1.29 is 38.1 Å². The van der Waals surface area contributed by atoms with E-state index in [1.807, 2.05) is 13.1 Å². The van der Waals surface area contributed by atoms with Gasteiger partial charge in [0.2, 0.25) is 11.8 Å². The molecule has 4 amide bonds. The van der Waals surface area contributed by atoms with E-state index in [4.69, 9.17) is 35.3 Å². The fourth-order valence-corrected chi connectivity index (χ4v) is 9.74. The zero-order valence-electron chi connectivity index (χ0n) is 39.2. The Morgan fingerprint density at radius 3 is 1.72 bits per heavy atom. The summed E-state index contributed by atoms with van der Waals surface area (Å²) in [6.07, 6.45) is 11.6. The molecule has 2 atom stereocenters. The molecule has 4 aromatic carbocycles. The molecule has 2 aliphatic heterocycles. The molecule has 2 unspecified atom stereocenters. The lowest BCUT2D eigenvalue weighted by Crippen LogP contribution is -2.53. The summed E-state index contributed by atoms with van der Waals surface area (Å²) in [6, 6.07) is 17.7. The second kappa shape index (κ2) is 21.8. The molecule has 16 nitrogen and oxygen atoms in total. The summed E-state index contributed by atoms with van der Waals surface area (Å²) in [6.45, 7) is 7.45. The first-order valence-electron chi connectivity index (χ1n) is 23.4. The van der Waals surface area contributed by atoms with E-state index in [0.29, 0.717) is 83.3 Å². The van der Waals surface area contributed by atoms with Crippen LogP contribution in [-0.2, 0) is 41.6 Å². The van der Waals surface area contributed by atoms with Crippen LogP contribution in [-0.4, -0.2) is 120 Å². The van der Waals surface area contributed by atoms with E-state index in [1.54, 1.807) is 16.0 Å². The first kappa shape index (κ1) is 47.5. The molecular weight excluding hydrogens is 865 g/mol. The SMILES string of the molecule is C#CCCN(Cc1ncc(-c2ccc3c(c2)c2cccc(C)c2c2cc(-c4cnc(CN(CCC)C(=O)C(NC(=O)OC)C5CCOCC5)[nH]4)ccc32)[nH]1)C(=O)C(NC(=O)OC)C1CCOCC1. The molecule has 4 heterocycles. The van der Waals surface area contributed by atoms with Crippen molar-refractivity contribution in [3.05, 3.63) is 84.2 Å². The zero-order chi connectivity index (χ0) is 47.7. The van der Waals surface area contributed by atoms with Crippen molar-refractivity contribution in [2.24, 2.45) is 11.8 Å². The standard InChI is InChI=1S/C52H60N8O8/c1-6-8-21-60(50(62)48(58-52(64)66-5)34-18-24-68-25-19-34)31-45-54-28-42(55-45)35-12-14-37-38-15-13-36(27-41(38)46-32(3)10-9-11-39(46)40(37)26-35)43-29-53-44(56-43)30-59(20-7-2)49(61)47(57-51(63)65-4)33-16-22-67-23-17-33/h1,9-15,26-29,33-34,47-48H,7-8,16-25,30-31H2,2-5H3,(H,53,56)(H,54,55)(H,57,63)(H,58,64). The van der Waals surface area contributed by atoms with Crippen molar-refractivity contribution in [1.29, 1.82) is 0 Å². The second-order valence-electron chi connectivity index (χ2n) is 17.6. The first-order chi connectivity index (χ1) is 33.1. The number of fused-ring (bicyclic) bond motifs is 6. The van der Waals surface area contributed by atoms with Crippen LogP contribution in [0.5, 0.6) is 0 Å². The lowest BCUT2D eigenvalue weighted by atomic mass is 9.90. The number of amides is 4. The zero-order valence-corrected chi connectivity index (χ0v) is 39.2. The third-order valence-electron chi connectivity index (χ3n) is 13.3. The Kier molecular flexibility index (Phi) is 15.2. The number of methoxy groups -OCH3 is 2. The van der Waals surface area contributed by atoms with Crippen LogP contribution in [0.15, 0.2) is 67.0 Å².